The van der Waals surface area contributed by atoms with E-state index in [1.54, 1.807) is 0 Å². The van der Waals surface area contributed by atoms with Gasteiger partial charge in [0, 0.05) is 23.9 Å². The van der Waals surface area contributed by atoms with Crippen LogP contribution in [0.2, 0.25) is 0 Å². The fraction of sp³-hybridized carbons (Fsp3) is 1.00. The molecule has 7 heteroatoms. The monoisotopic (exact) mass is 287 g/mol. The fourth-order valence-electron chi connectivity index (χ4n) is 1.42. The van der Waals surface area contributed by atoms with Crippen LogP contribution >= 0.6 is 0 Å². The molecule has 0 heterocycles. The second-order valence-electron chi connectivity index (χ2n) is 3.85. The lowest BCUT2D eigenvalue weighted by atomic mass is 10.4. The highest BCUT2D eigenvalue weighted by atomic mass is 16.5. The van der Waals surface area contributed by atoms with Crippen LogP contribution in [0.1, 0.15) is 4.28 Å². The first kappa shape index (κ1) is 18.7. The number of aliphatic hydroxyl groups is 3. The van der Waals surface area contributed by atoms with Crippen LogP contribution in [-0.4, -0.2) is 99.3 Å². The first-order valence-electron chi connectivity index (χ1n) is 6.63. The molecule has 0 aliphatic carbocycles. The second kappa shape index (κ2) is 15.8. The maximum atomic E-state index is 8.61. The van der Waals surface area contributed by atoms with Crippen molar-refractivity contribution in [1.82, 2.24) is 4.90 Å². The summed E-state index contributed by atoms with van der Waals surface area (Å²) in [5, 5.41) is 25.8. The topological polar surface area (TPSA) is 91.6 Å². The molecule has 0 aromatic heterocycles. The molecule has 0 aromatic carbocycles. The summed E-state index contributed by atoms with van der Waals surface area (Å²) in [5.41, 5.74) is 0. The van der Waals surface area contributed by atoms with Gasteiger partial charge >= 0.3 is 0 Å². The van der Waals surface area contributed by atoms with Crippen molar-refractivity contribution >= 4 is 0 Å². The Kier molecular flexibility index (Phi) is 15.5. The molecule has 0 aromatic rings. The number of rotatable bonds is 15. The van der Waals surface area contributed by atoms with Gasteiger partial charge in [0.1, 0.15) is 0 Å². The van der Waals surface area contributed by atoms with Crippen LogP contribution < -0.4 is 0 Å². The van der Waals surface area contributed by atoms with E-state index in [4.69, 9.17) is 29.5 Å². The normalized spacial score (nSPS) is 11.4. The maximum absolute atomic E-state index is 8.61. The van der Waals surface area contributed by atoms with Crippen LogP contribution in [0.15, 0.2) is 0 Å². The number of hydrogen-bond acceptors (Lipinski definition) is 7. The Balaban J connectivity index is -0.000000540. The Bertz CT molecular complexity index is 156. The minimum absolute atomic E-state index is 0. The molecule has 0 amide bonds. The van der Waals surface area contributed by atoms with Crippen LogP contribution in [0.25, 0.3) is 0 Å². The SMILES string of the molecule is OCCOCCN(CCOCCO)CCOCCO.[HH].[HH].[HH]. The first-order chi connectivity index (χ1) is 9.35. The van der Waals surface area contributed by atoms with Crippen LogP contribution in [-0.2, 0) is 14.2 Å². The Hall–Kier alpha value is -0.280. The highest BCUT2D eigenvalue weighted by Gasteiger charge is 2.05. The molecule has 122 valence electrons. The largest absolute Gasteiger partial charge is 0.394 e. The average Bonchev–Trinajstić information content (AvgIpc) is 2.43. The van der Waals surface area contributed by atoms with Crippen molar-refractivity contribution in [2.24, 2.45) is 0 Å². The van der Waals surface area contributed by atoms with E-state index in [-0.39, 0.29) is 24.1 Å². The van der Waals surface area contributed by atoms with Gasteiger partial charge in [-0.05, 0) is 0 Å². The Morgan fingerprint density at radius 1 is 0.579 bits per heavy atom. The van der Waals surface area contributed by atoms with E-state index >= 15 is 0 Å². The predicted molar refractivity (Wildman–Crippen MR) is 76.5 cm³/mol. The van der Waals surface area contributed by atoms with Gasteiger partial charge in [0.2, 0.25) is 0 Å². The van der Waals surface area contributed by atoms with E-state index in [1.807, 2.05) is 0 Å². The quantitative estimate of drug-likeness (QED) is 0.335. The van der Waals surface area contributed by atoms with Crippen LogP contribution in [0.3, 0.4) is 0 Å². The zero-order chi connectivity index (χ0) is 14.2. The molecule has 0 aliphatic rings. The van der Waals surface area contributed by atoms with Gasteiger partial charge in [-0.2, -0.15) is 0 Å². The third-order valence-electron chi connectivity index (χ3n) is 2.36. The van der Waals surface area contributed by atoms with Crippen molar-refractivity contribution in [1.29, 1.82) is 0 Å². The van der Waals surface area contributed by atoms with Crippen molar-refractivity contribution in [3.8, 4) is 0 Å². The molecular weight excluding hydrogens is 254 g/mol. The van der Waals surface area contributed by atoms with Crippen molar-refractivity contribution in [3.05, 3.63) is 0 Å². The predicted octanol–water partition coefficient (Wildman–Crippen LogP) is -0.947. The van der Waals surface area contributed by atoms with E-state index < -0.39 is 0 Å². The molecular formula is C12H33NO6. The highest BCUT2D eigenvalue weighted by Crippen LogP contribution is 1.91. The number of aliphatic hydroxyl groups excluding tert-OH is 3. The van der Waals surface area contributed by atoms with Crippen molar-refractivity contribution in [3.63, 3.8) is 0 Å². The van der Waals surface area contributed by atoms with Gasteiger partial charge in [-0.25, -0.2) is 0 Å². The van der Waals surface area contributed by atoms with Crippen molar-refractivity contribution < 1.29 is 33.8 Å². The summed E-state index contributed by atoms with van der Waals surface area (Å²) in [6, 6.07) is 0. The molecule has 0 aliphatic heterocycles. The zero-order valence-corrected chi connectivity index (χ0v) is 11.5. The van der Waals surface area contributed by atoms with Gasteiger partial charge in [0.05, 0.1) is 59.5 Å². The molecule has 0 unspecified atom stereocenters. The average molecular weight is 287 g/mol. The third-order valence-corrected chi connectivity index (χ3v) is 2.36. The molecule has 0 fully saturated rings. The molecule has 0 bridgehead atoms. The summed E-state index contributed by atoms with van der Waals surface area (Å²) in [6.45, 7) is 4.92. The molecule has 0 radical (unpaired) electrons. The molecule has 0 rings (SSSR count). The second-order valence-corrected chi connectivity index (χ2v) is 3.85. The standard InChI is InChI=1S/C12H27NO6.3H2/c14-4-10-17-7-1-13(2-8-18-11-5-15)3-9-19-12-6-16;;;/h14-16H,1-12H2;3*1H. The van der Waals surface area contributed by atoms with Gasteiger partial charge in [-0.1, -0.05) is 0 Å². The van der Waals surface area contributed by atoms with E-state index in [0.29, 0.717) is 39.6 Å². The minimum Gasteiger partial charge on any atom is -0.394 e. The number of nitrogens with zero attached hydrogens (tertiary/aromatic N) is 1. The lowest BCUT2D eigenvalue weighted by Gasteiger charge is -2.22. The van der Waals surface area contributed by atoms with Crippen molar-refractivity contribution in [2.45, 2.75) is 0 Å². The summed E-state index contributed by atoms with van der Waals surface area (Å²) in [5.74, 6) is 0. The highest BCUT2D eigenvalue weighted by molar-refractivity contribution is 4.57. The summed E-state index contributed by atoms with van der Waals surface area (Å²) in [6.07, 6.45) is 0. The van der Waals surface area contributed by atoms with Gasteiger partial charge in [-0.3, -0.25) is 4.90 Å². The Labute approximate surface area is 119 Å². The third kappa shape index (κ3) is 13.9. The molecule has 3 N–H and O–H groups in total. The molecule has 19 heavy (non-hydrogen) atoms. The van der Waals surface area contributed by atoms with Crippen molar-refractivity contribution in [2.75, 3.05) is 79.1 Å². The maximum Gasteiger partial charge on any atom is 0.0698 e. The summed E-state index contributed by atoms with van der Waals surface area (Å²) in [7, 11) is 0. The van der Waals surface area contributed by atoms with Gasteiger partial charge in [-0.15, -0.1) is 0 Å². The Morgan fingerprint density at radius 3 is 1.16 bits per heavy atom. The minimum atomic E-state index is 0. The van der Waals surface area contributed by atoms with E-state index in [0.717, 1.165) is 19.6 Å². The van der Waals surface area contributed by atoms with E-state index in [1.165, 1.54) is 0 Å². The zero-order valence-electron chi connectivity index (χ0n) is 11.5. The van der Waals surface area contributed by atoms with Gasteiger partial charge < -0.3 is 29.5 Å². The molecule has 0 saturated heterocycles. The van der Waals surface area contributed by atoms with E-state index in [2.05, 4.69) is 4.90 Å². The lowest BCUT2D eigenvalue weighted by molar-refractivity contribution is 0.0325. The summed E-state index contributed by atoms with van der Waals surface area (Å²) < 4.78 is 15.6. The first-order valence-corrected chi connectivity index (χ1v) is 6.63. The molecule has 7 nitrogen and oxygen atoms in total. The summed E-state index contributed by atoms with van der Waals surface area (Å²) >= 11 is 0. The molecule has 0 saturated carbocycles. The van der Waals surface area contributed by atoms with Crippen LogP contribution in [0.4, 0.5) is 0 Å². The van der Waals surface area contributed by atoms with Crippen LogP contribution in [0, 0.1) is 0 Å². The van der Waals surface area contributed by atoms with E-state index in [9.17, 15) is 0 Å². The smallest absolute Gasteiger partial charge is 0.0698 e. The fourth-order valence-corrected chi connectivity index (χ4v) is 1.42. The van der Waals surface area contributed by atoms with Gasteiger partial charge in [0.15, 0.2) is 0 Å². The lowest BCUT2D eigenvalue weighted by Crippen LogP contribution is -2.34. The Morgan fingerprint density at radius 2 is 0.895 bits per heavy atom. The van der Waals surface area contributed by atoms with Gasteiger partial charge in [0.25, 0.3) is 0 Å². The summed E-state index contributed by atoms with van der Waals surface area (Å²) in [4.78, 5) is 2.12. The number of hydrogen-bond donors (Lipinski definition) is 3. The number of ether oxygens (including phenoxy) is 3. The molecule has 0 atom stereocenters. The molecule has 0 spiro atoms. The van der Waals surface area contributed by atoms with Crippen LogP contribution in [0.5, 0.6) is 0 Å².